The van der Waals surface area contributed by atoms with E-state index in [1.165, 1.54) is 0 Å². The Morgan fingerprint density at radius 3 is 2.68 bits per heavy atom. The van der Waals surface area contributed by atoms with Crippen LogP contribution >= 0.6 is 11.3 Å². The molecule has 3 aromatic rings. The molecular formula is C21H18F5N3OS. The summed E-state index contributed by atoms with van der Waals surface area (Å²) in [7, 11) is 0. The normalized spacial score (nSPS) is 16.4. The Labute approximate surface area is 178 Å². The second-order valence-corrected chi connectivity index (χ2v) is 8.53. The number of thiophene rings is 1. The van der Waals surface area contributed by atoms with E-state index in [9.17, 15) is 26.7 Å². The number of nitrogens with zero attached hydrogens (tertiary/aromatic N) is 1. The Balaban J connectivity index is 1.83. The van der Waals surface area contributed by atoms with Crippen molar-refractivity contribution in [3.8, 4) is 0 Å². The molecule has 0 unspecified atom stereocenters. The zero-order valence-electron chi connectivity index (χ0n) is 16.4. The standard InChI is InChI=1S/C21H18F5N3OS/c1-2-9-3-6-14-11(7-9)16(21(24,25)26)15-17(27)18(31-20(15)29-14)19(30)28-10-4-5-12(22)13(23)8-10/h4-5,8-9H,2-3,6-7,27H2,1H3,(H,28,30)/t9-/m0/s1. The third-order valence-electron chi connectivity index (χ3n) is 5.59. The molecule has 1 aromatic carbocycles. The second-order valence-electron chi connectivity index (χ2n) is 7.53. The molecule has 0 radical (unpaired) electrons. The number of alkyl halides is 3. The molecule has 0 bridgehead atoms. The number of hydrogen-bond donors (Lipinski definition) is 2. The monoisotopic (exact) mass is 455 g/mol. The number of benzene rings is 1. The summed E-state index contributed by atoms with van der Waals surface area (Å²) < 4.78 is 68.8. The van der Waals surface area contributed by atoms with Crippen molar-refractivity contribution in [3.63, 3.8) is 0 Å². The van der Waals surface area contributed by atoms with E-state index in [-0.39, 0.29) is 44.4 Å². The first kappa shape index (κ1) is 21.5. The molecule has 4 nitrogen and oxygen atoms in total. The predicted molar refractivity (Wildman–Crippen MR) is 109 cm³/mol. The summed E-state index contributed by atoms with van der Waals surface area (Å²) in [6.45, 7) is 1.94. The van der Waals surface area contributed by atoms with Gasteiger partial charge in [0.25, 0.3) is 5.91 Å². The number of fused-ring (bicyclic) bond motifs is 2. The highest BCUT2D eigenvalue weighted by atomic mass is 32.1. The molecule has 10 heteroatoms. The molecule has 0 saturated heterocycles. The van der Waals surface area contributed by atoms with Gasteiger partial charge in [0, 0.05) is 22.8 Å². The third kappa shape index (κ3) is 3.84. The maximum Gasteiger partial charge on any atom is 0.417 e. The smallest absolute Gasteiger partial charge is 0.397 e. The van der Waals surface area contributed by atoms with Gasteiger partial charge in [-0.25, -0.2) is 13.8 Å². The maximum absolute atomic E-state index is 14.1. The fourth-order valence-electron chi connectivity index (χ4n) is 3.99. The van der Waals surface area contributed by atoms with Gasteiger partial charge in [0.1, 0.15) is 9.71 Å². The molecule has 1 aliphatic carbocycles. The van der Waals surface area contributed by atoms with Gasteiger partial charge in [-0.3, -0.25) is 4.79 Å². The van der Waals surface area contributed by atoms with Crippen LogP contribution in [0.2, 0.25) is 0 Å². The summed E-state index contributed by atoms with van der Waals surface area (Å²) in [5, 5.41) is 2.07. The summed E-state index contributed by atoms with van der Waals surface area (Å²) in [4.78, 5) is 17.0. The van der Waals surface area contributed by atoms with Crippen molar-refractivity contribution in [2.75, 3.05) is 11.1 Å². The molecule has 0 aliphatic heterocycles. The number of nitrogens with one attached hydrogen (secondary N) is 1. The van der Waals surface area contributed by atoms with Crippen LogP contribution < -0.4 is 11.1 Å². The van der Waals surface area contributed by atoms with Crippen molar-refractivity contribution >= 4 is 38.8 Å². The minimum atomic E-state index is -4.66. The van der Waals surface area contributed by atoms with Crippen LogP contribution in [-0.2, 0) is 19.0 Å². The van der Waals surface area contributed by atoms with Crippen LogP contribution in [0.3, 0.4) is 0 Å². The van der Waals surface area contributed by atoms with Crippen molar-refractivity contribution in [2.45, 2.75) is 38.8 Å². The van der Waals surface area contributed by atoms with Gasteiger partial charge in [-0.05, 0) is 42.9 Å². The average molecular weight is 455 g/mol. The number of aryl methyl sites for hydroxylation is 1. The number of pyridine rings is 1. The first-order valence-electron chi connectivity index (χ1n) is 9.67. The van der Waals surface area contributed by atoms with Crippen molar-refractivity contribution < 1.29 is 26.7 Å². The molecule has 2 aromatic heterocycles. The van der Waals surface area contributed by atoms with E-state index in [0.717, 1.165) is 42.4 Å². The minimum absolute atomic E-state index is 0.0361. The van der Waals surface area contributed by atoms with Gasteiger partial charge in [0.2, 0.25) is 0 Å². The van der Waals surface area contributed by atoms with Crippen LogP contribution in [0.5, 0.6) is 0 Å². The SMILES string of the molecule is CC[C@H]1CCc2nc3sc(C(=O)Nc4ccc(F)c(F)c4)c(N)c3c(C(F)(F)F)c2C1. The topological polar surface area (TPSA) is 68.0 Å². The number of rotatable bonds is 3. The third-order valence-corrected chi connectivity index (χ3v) is 6.69. The van der Waals surface area contributed by atoms with Gasteiger partial charge in [0.15, 0.2) is 11.6 Å². The zero-order valence-corrected chi connectivity index (χ0v) is 17.2. The largest absolute Gasteiger partial charge is 0.417 e. The molecule has 1 amide bonds. The van der Waals surface area contributed by atoms with Crippen LogP contribution in [0.4, 0.5) is 33.3 Å². The van der Waals surface area contributed by atoms with E-state index in [1.807, 2.05) is 6.92 Å². The van der Waals surface area contributed by atoms with Crippen LogP contribution in [0, 0.1) is 17.6 Å². The number of hydrogen-bond acceptors (Lipinski definition) is 4. The highest BCUT2D eigenvalue weighted by Gasteiger charge is 2.40. The number of carbonyl (C=O) groups excluding carboxylic acids is 1. The fourth-order valence-corrected chi connectivity index (χ4v) is 5.01. The molecule has 0 fully saturated rings. The number of amides is 1. The molecule has 164 valence electrons. The minimum Gasteiger partial charge on any atom is -0.397 e. The fraction of sp³-hybridized carbons (Fsp3) is 0.333. The molecule has 1 aliphatic rings. The van der Waals surface area contributed by atoms with Crippen LogP contribution in [-0.4, -0.2) is 10.9 Å². The summed E-state index contributed by atoms with van der Waals surface area (Å²) in [6.07, 6.45) is -2.46. The van der Waals surface area contributed by atoms with Gasteiger partial charge in [-0.1, -0.05) is 13.3 Å². The van der Waals surface area contributed by atoms with E-state index in [4.69, 9.17) is 5.73 Å². The van der Waals surface area contributed by atoms with Crippen LogP contribution in [0.1, 0.15) is 46.3 Å². The Morgan fingerprint density at radius 1 is 1.29 bits per heavy atom. The first-order chi connectivity index (χ1) is 14.6. The van der Waals surface area contributed by atoms with Gasteiger partial charge in [-0.2, -0.15) is 13.2 Å². The number of nitrogen functional groups attached to an aromatic ring is 1. The highest BCUT2D eigenvalue weighted by molar-refractivity contribution is 7.21. The van der Waals surface area contributed by atoms with Gasteiger partial charge in [-0.15, -0.1) is 11.3 Å². The molecule has 4 rings (SSSR count). The molecule has 2 heterocycles. The molecule has 31 heavy (non-hydrogen) atoms. The van der Waals surface area contributed by atoms with Crippen LogP contribution in [0.15, 0.2) is 18.2 Å². The van der Waals surface area contributed by atoms with Crippen molar-refractivity contribution in [1.29, 1.82) is 0 Å². The Morgan fingerprint density at radius 2 is 2.03 bits per heavy atom. The summed E-state index contributed by atoms with van der Waals surface area (Å²) in [5.74, 6) is -2.94. The number of carbonyl (C=O) groups is 1. The van der Waals surface area contributed by atoms with Crippen molar-refractivity contribution in [1.82, 2.24) is 4.98 Å². The maximum atomic E-state index is 14.1. The van der Waals surface area contributed by atoms with Gasteiger partial charge < -0.3 is 11.1 Å². The summed E-state index contributed by atoms with van der Waals surface area (Å²) in [5.41, 5.74) is 5.36. The van der Waals surface area contributed by atoms with Crippen LogP contribution in [0.25, 0.3) is 10.2 Å². The number of nitrogens with two attached hydrogens (primary N) is 1. The molecule has 0 spiro atoms. The number of aromatic nitrogens is 1. The molecular weight excluding hydrogens is 437 g/mol. The van der Waals surface area contributed by atoms with E-state index < -0.39 is 29.3 Å². The Bertz CT molecular complexity index is 1190. The molecule has 1 atom stereocenters. The molecule has 3 N–H and O–H groups in total. The molecule has 0 saturated carbocycles. The predicted octanol–water partition coefficient (Wildman–Crippen LogP) is 5.94. The van der Waals surface area contributed by atoms with Crippen molar-refractivity contribution in [3.05, 3.63) is 51.5 Å². The lowest BCUT2D eigenvalue weighted by molar-refractivity contribution is -0.137. The zero-order chi connectivity index (χ0) is 22.5. The lowest BCUT2D eigenvalue weighted by atomic mass is 9.82. The average Bonchev–Trinajstić information content (AvgIpc) is 3.03. The van der Waals surface area contributed by atoms with Crippen molar-refractivity contribution in [2.24, 2.45) is 5.92 Å². The van der Waals surface area contributed by atoms with E-state index in [1.54, 1.807) is 0 Å². The lowest BCUT2D eigenvalue weighted by Gasteiger charge is -2.26. The lowest BCUT2D eigenvalue weighted by Crippen LogP contribution is -2.21. The number of anilines is 2. The Hall–Kier alpha value is -2.75. The quantitative estimate of drug-likeness (QED) is 0.480. The van der Waals surface area contributed by atoms with Gasteiger partial charge in [0.05, 0.1) is 11.3 Å². The number of halogens is 5. The first-order valence-corrected chi connectivity index (χ1v) is 10.5. The summed E-state index contributed by atoms with van der Waals surface area (Å²) in [6, 6.07) is 2.75. The Kier molecular flexibility index (Phi) is 5.36. The second kappa shape index (κ2) is 7.74. The summed E-state index contributed by atoms with van der Waals surface area (Å²) >= 11 is 0.752. The highest BCUT2D eigenvalue weighted by Crippen LogP contribution is 2.46. The van der Waals surface area contributed by atoms with Gasteiger partial charge >= 0.3 is 6.18 Å². The van der Waals surface area contributed by atoms with E-state index >= 15 is 0 Å². The van der Waals surface area contributed by atoms with E-state index in [0.29, 0.717) is 12.1 Å². The van der Waals surface area contributed by atoms with E-state index in [2.05, 4.69) is 10.3 Å².